The van der Waals surface area contributed by atoms with Gasteiger partial charge in [-0.05, 0) is 43.4 Å². The Morgan fingerprint density at radius 2 is 2.00 bits per heavy atom. The van der Waals surface area contributed by atoms with Crippen molar-refractivity contribution < 1.29 is 5.11 Å². The van der Waals surface area contributed by atoms with Gasteiger partial charge in [-0.25, -0.2) is 0 Å². The van der Waals surface area contributed by atoms with Crippen LogP contribution in [-0.2, 0) is 0 Å². The van der Waals surface area contributed by atoms with Crippen LogP contribution in [0.15, 0.2) is 0 Å². The van der Waals surface area contributed by atoms with Crippen LogP contribution < -0.4 is 0 Å². The number of hydrogen-bond donors (Lipinski definition) is 1. The zero-order valence-electron chi connectivity index (χ0n) is 8.05. The average Bonchev–Trinajstić information content (AvgIpc) is 2.02. The summed E-state index contributed by atoms with van der Waals surface area (Å²) in [5, 5.41) is 9.61. The molecule has 0 radical (unpaired) electrons. The van der Waals surface area contributed by atoms with Crippen molar-refractivity contribution in [3.63, 3.8) is 0 Å². The van der Waals surface area contributed by atoms with Gasteiger partial charge in [0.25, 0.3) is 0 Å². The zero-order chi connectivity index (χ0) is 8.60. The smallest absolute Gasteiger partial charge is 0.0545 e. The van der Waals surface area contributed by atoms with E-state index in [1.54, 1.807) is 0 Å². The fourth-order valence-electron chi connectivity index (χ4n) is 3.27. The SMILES string of the molecule is C[C@]12CCCC[C@@H]1CCC(O)C2. The normalized spacial score (nSPS) is 48.5. The van der Waals surface area contributed by atoms with Crippen molar-refractivity contribution in [1.82, 2.24) is 0 Å². The number of aliphatic hydroxyl groups is 1. The van der Waals surface area contributed by atoms with Gasteiger partial charge in [0.15, 0.2) is 0 Å². The standard InChI is InChI=1S/C11H20O/c1-11-7-3-2-4-9(11)5-6-10(12)8-11/h9-10,12H,2-8H2,1H3/t9-,10?,11-/m1/s1. The van der Waals surface area contributed by atoms with Crippen LogP contribution in [0.5, 0.6) is 0 Å². The first-order chi connectivity index (χ1) is 5.71. The van der Waals surface area contributed by atoms with Crippen molar-refractivity contribution >= 4 is 0 Å². The van der Waals surface area contributed by atoms with E-state index in [1.165, 1.54) is 32.1 Å². The molecule has 0 bridgehead atoms. The third kappa shape index (κ3) is 1.39. The van der Waals surface area contributed by atoms with Crippen LogP contribution in [0.3, 0.4) is 0 Å². The summed E-state index contributed by atoms with van der Waals surface area (Å²) < 4.78 is 0. The molecule has 1 unspecified atom stereocenters. The van der Waals surface area contributed by atoms with Crippen molar-refractivity contribution in [3.8, 4) is 0 Å². The number of aliphatic hydroxyl groups excluding tert-OH is 1. The Kier molecular flexibility index (Phi) is 2.16. The molecule has 1 heteroatoms. The fourth-order valence-corrected chi connectivity index (χ4v) is 3.27. The average molecular weight is 168 g/mol. The van der Waals surface area contributed by atoms with Crippen molar-refractivity contribution in [2.45, 2.75) is 58.0 Å². The van der Waals surface area contributed by atoms with E-state index in [1.807, 2.05) is 0 Å². The van der Waals surface area contributed by atoms with Gasteiger partial charge >= 0.3 is 0 Å². The second-order valence-electron chi connectivity index (χ2n) is 5.03. The maximum Gasteiger partial charge on any atom is 0.0545 e. The van der Waals surface area contributed by atoms with E-state index in [0.29, 0.717) is 5.41 Å². The van der Waals surface area contributed by atoms with Crippen LogP contribution in [0, 0.1) is 11.3 Å². The molecule has 0 aromatic heterocycles. The molecule has 0 aromatic rings. The molecule has 2 fully saturated rings. The molecule has 0 spiro atoms. The van der Waals surface area contributed by atoms with E-state index in [4.69, 9.17) is 0 Å². The maximum atomic E-state index is 9.61. The molecular weight excluding hydrogens is 148 g/mol. The first-order valence-electron chi connectivity index (χ1n) is 5.39. The summed E-state index contributed by atoms with van der Waals surface area (Å²) in [5.74, 6) is 0.926. The number of fused-ring (bicyclic) bond motifs is 1. The Balaban J connectivity index is 2.07. The summed E-state index contributed by atoms with van der Waals surface area (Å²) in [5.41, 5.74) is 0.496. The van der Waals surface area contributed by atoms with Gasteiger partial charge in [-0.2, -0.15) is 0 Å². The van der Waals surface area contributed by atoms with Crippen molar-refractivity contribution in [1.29, 1.82) is 0 Å². The van der Waals surface area contributed by atoms with E-state index in [-0.39, 0.29) is 6.10 Å². The summed E-state index contributed by atoms with van der Waals surface area (Å²) in [7, 11) is 0. The maximum absolute atomic E-state index is 9.61. The third-order valence-electron chi connectivity index (χ3n) is 4.09. The summed E-state index contributed by atoms with van der Waals surface area (Å²) in [6, 6.07) is 0. The first kappa shape index (κ1) is 8.55. The lowest BCUT2D eigenvalue weighted by Gasteiger charge is -2.46. The molecule has 1 N–H and O–H groups in total. The summed E-state index contributed by atoms with van der Waals surface area (Å²) in [4.78, 5) is 0. The molecule has 3 atom stereocenters. The Bertz CT molecular complexity index is 166. The molecule has 70 valence electrons. The fraction of sp³-hybridized carbons (Fsp3) is 1.00. The molecule has 0 amide bonds. The molecular formula is C11H20O. The van der Waals surface area contributed by atoms with Gasteiger partial charge in [-0.1, -0.05) is 19.8 Å². The number of hydrogen-bond acceptors (Lipinski definition) is 1. The molecule has 2 aliphatic rings. The second kappa shape index (κ2) is 3.02. The highest BCUT2D eigenvalue weighted by molar-refractivity contribution is 4.91. The molecule has 1 nitrogen and oxygen atoms in total. The summed E-state index contributed by atoms with van der Waals surface area (Å²) in [6.45, 7) is 2.39. The quantitative estimate of drug-likeness (QED) is 0.589. The molecule has 12 heavy (non-hydrogen) atoms. The molecule has 0 aromatic carbocycles. The van der Waals surface area contributed by atoms with E-state index >= 15 is 0 Å². The minimum atomic E-state index is 0.00403. The van der Waals surface area contributed by atoms with Crippen LogP contribution in [0.4, 0.5) is 0 Å². The Labute approximate surface area is 75.2 Å². The third-order valence-corrected chi connectivity index (χ3v) is 4.09. The molecule has 2 rings (SSSR count). The molecule has 2 saturated carbocycles. The highest BCUT2D eigenvalue weighted by Crippen LogP contribution is 2.49. The minimum absolute atomic E-state index is 0.00403. The number of rotatable bonds is 0. The lowest BCUT2D eigenvalue weighted by Crippen LogP contribution is -2.38. The zero-order valence-corrected chi connectivity index (χ0v) is 8.05. The van der Waals surface area contributed by atoms with Gasteiger partial charge in [0.1, 0.15) is 0 Å². The van der Waals surface area contributed by atoms with Gasteiger partial charge in [0.05, 0.1) is 6.10 Å². The largest absolute Gasteiger partial charge is 0.393 e. The van der Waals surface area contributed by atoms with E-state index in [0.717, 1.165) is 18.8 Å². The molecule has 0 saturated heterocycles. The predicted molar refractivity (Wildman–Crippen MR) is 49.9 cm³/mol. The van der Waals surface area contributed by atoms with Crippen molar-refractivity contribution in [3.05, 3.63) is 0 Å². The summed E-state index contributed by atoms with van der Waals surface area (Å²) >= 11 is 0. The Morgan fingerprint density at radius 3 is 2.83 bits per heavy atom. The van der Waals surface area contributed by atoms with Crippen LogP contribution in [0.1, 0.15) is 51.9 Å². The molecule has 2 aliphatic carbocycles. The highest BCUT2D eigenvalue weighted by Gasteiger charge is 2.40. The lowest BCUT2D eigenvalue weighted by atomic mass is 9.60. The van der Waals surface area contributed by atoms with Crippen LogP contribution in [-0.4, -0.2) is 11.2 Å². The topological polar surface area (TPSA) is 20.2 Å². The highest BCUT2D eigenvalue weighted by atomic mass is 16.3. The van der Waals surface area contributed by atoms with Crippen LogP contribution in [0.25, 0.3) is 0 Å². The van der Waals surface area contributed by atoms with E-state index in [2.05, 4.69) is 6.92 Å². The Morgan fingerprint density at radius 1 is 1.17 bits per heavy atom. The van der Waals surface area contributed by atoms with Crippen LogP contribution in [0.2, 0.25) is 0 Å². The van der Waals surface area contributed by atoms with Gasteiger partial charge in [0.2, 0.25) is 0 Å². The minimum Gasteiger partial charge on any atom is -0.393 e. The summed E-state index contributed by atoms with van der Waals surface area (Å²) in [6.07, 6.45) is 8.99. The predicted octanol–water partition coefficient (Wildman–Crippen LogP) is 2.73. The molecule has 0 aliphatic heterocycles. The van der Waals surface area contributed by atoms with Crippen molar-refractivity contribution in [2.75, 3.05) is 0 Å². The lowest BCUT2D eigenvalue weighted by molar-refractivity contribution is -0.0132. The van der Waals surface area contributed by atoms with Gasteiger partial charge in [-0.15, -0.1) is 0 Å². The van der Waals surface area contributed by atoms with E-state index < -0.39 is 0 Å². The second-order valence-corrected chi connectivity index (χ2v) is 5.03. The van der Waals surface area contributed by atoms with Crippen LogP contribution >= 0.6 is 0 Å². The molecule has 0 heterocycles. The van der Waals surface area contributed by atoms with E-state index in [9.17, 15) is 5.11 Å². The van der Waals surface area contributed by atoms with Crippen molar-refractivity contribution in [2.24, 2.45) is 11.3 Å². The van der Waals surface area contributed by atoms with Gasteiger partial charge in [0, 0.05) is 0 Å². The van der Waals surface area contributed by atoms with Gasteiger partial charge < -0.3 is 5.11 Å². The van der Waals surface area contributed by atoms with Gasteiger partial charge in [-0.3, -0.25) is 0 Å². The Hall–Kier alpha value is -0.0400. The monoisotopic (exact) mass is 168 g/mol. The first-order valence-corrected chi connectivity index (χ1v) is 5.39.